The Morgan fingerprint density at radius 3 is 2.10 bits per heavy atom. The van der Waals surface area contributed by atoms with Crippen molar-refractivity contribution in [2.24, 2.45) is 5.92 Å². The number of anilines is 1. The van der Waals surface area contributed by atoms with Gasteiger partial charge in [0, 0.05) is 12.3 Å². The smallest absolute Gasteiger partial charge is 0.238 e. The minimum Gasteiger partial charge on any atom is -0.324 e. The van der Waals surface area contributed by atoms with E-state index in [2.05, 4.69) is 62.6 Å². The van der Waals surface area contributed by atoms with E-state index < -0.39 is 9.84 Å². The summed E-state index contributed by atoms with van der Waals surface area (Å²) in [5, 5.41) is 6.03. The van der Waals surface area contributed by atoms with Crippen LogP contribution in [0.25, 0.3) is 0 Å². The normalized spacial score (nSPS) is 13.9. The maximum absolute atomic E-state index is 12.5. The molecule has 0 saturated heterocycles. The first-order valence-corrected chi connectivity index (χ1v) is 11.9. The van der Waals surface area contributed by atoms with E-state index in [1.807, 2.05) is 0 Å². The maximum Gasteiger partial charge on any atom is 0.238 e. The molecule has 0 fully saturated rings. The molecule has 0 bridgehead atoms. The molecule has 158 valence electrons. The summed E-state index contributed by atoms with van der Waals surface area (Å²) < 4.78 is 23.8. The molecule has 29 heavy (non-hydrogen) atoms. The number of nitrogens with one attached hydrogen (secondary N) is 2. The Balaban J connectivity index is 2.07. The van der Waals surface area contributed by atoms with E-state index in [1.54, 1.807) is 18.2 Å². The summed E-state index contributed by atoms with van der Waals surface area (Å²) >= 11 is 0. The first-order valence-electron chi connectivity index (χ1n) is 10.1. The number of carbonyl (C=O) groups excluding carboxylic acids is 1. The number of hydrogen-bond acceptors (Lipinski definition) is 4. The first-order chi connectivity index (χ1) is 13.6. The average molecular weight is 417 g/mol. The minimum absolute atomic E-state index is 0.0249. The fourth-order valence-corrected chi connectivity index (χ4v) is 4.14. The lowest BCUT2D eigenvalue weighted by molar-refractivity contribution is -0.115. The molecule has 6 heteroatoms. The molecule has 0 radical (unpaired) electrons. The Hall–Kier alpha value is -2.18. The van der Waals surface area contributed by atoms with Crippen molar-refractivity contribution in [3.05, 3.63) is 59.7 Å². The molecular weight excluding hydrogens is 384 g/mol. The van der Waals surface area contributed by atoms with Crippen molar-refractivity contribution in [2.75, 3.05) is 18.1 Å². The second kappa shape index (κ2) is 10.0. The van der Waals surface area contributed by atoms with E-state index in [4.69, 9.17) is 0 Å². The van der Waals surface area contributed by atoms with Crippen molar-refractivity contribution in [1.82, 2.24) is 5.32 Å². The van der Waals surface area contributed by atoms with Gasteiger partial charge >= 0.3 is 0 Å². The van der Waals surface area contributed by atoms with Gasteiger partial charge in [-0.2, -0.15) is 0 Å². The number of amides is 1. The highest BCUT2D eigenvalue weighted by atomic mass is 32.2. The van der Waals surface area contributed by atoms with Crippen LogP contribution in [0.3, 0.4) is 0 Å². The Bertz CT molecular complexity index is 921. The largest absolute Gasteiger partial charge is 0.324 e. The van der Waals surface area contributed by atoms with Crippen LogP contribution in [0, 0.1) is 5.92 Å². The molecule has 2 rings (SSSR count). The highest BCUT2D eigenvalue weighted by Gasteiger charge is 2.18. The van der Waals surface area contributed by atoms with Crippen LogP contribution < -0.4 is 10.6 Å². The quantitative estimate of drug-likeness (QED) is 0.630. The molecule has 0 aliphatic heterocycles. The summed E-state index contributed by atoms with van der Waals surface area (Å²) in [6, 6.07) is 15.0. The van der Waals surface area contributed by atoms with Crippen molar-refractivity contribution < 1.29 is 13.2 Å². The molecule has 2 aromatic rings. The number of sulfone groups is 1. The fraction of sp³-hybridized carbons (Fsp3) is 0.435. The third-order valence-electron chi connectivity index (χ3n) is 5.19. The van der Waals surface area contributed by atoms with Crippen LogP contribution in [0.4, 0.5) is 5.69 Å². The van der Waals surface area contributed by atoms with E-state index in [-0.39, 0.29) is 23.4 Å². The van der Waals surface area contributed by atoms with Crippen molar-refractivity contribution in [3.8, 4) is 0 Å². The molecule has 2 aromatic carbocycles. The lowest BCUT2D eigenvalue weighted by Crippen LogP contribution is -2.33. The van der Waals surface area contributed by atoms with Crippen LogP contribution in [0.5, 0.6) is 0 Å². The number of carbonyl (C=O) groups is 1. The van der Waals surface area contributed by atoms with Gasteiger partial charge in [0.25, 0.3) is 0 Å². The fourth-order valence-electron chi connectivity index (χ4n) is 3.30. The monoisotopic (exact) mass is 416 g/mol. The van der Waals surface area contributed by atoms with Gasteiger partial charge in [0.15, 0.2) is 9.84 Å². The number of rotatable bonds is 9. The molecule has 1 amide bonds. The third-order valence-corrected chi connectivity index (χ3v) is 6.34. The molecule has 0 spiro atoms. The van der Waals surface area contributed by atoms with E-state index in [0.717, 1.165) is 18.2 Å². The Morgan fingerprint density at radius 2 is 1.55 bits per heavy atom. The van der Waals surface area contributed by atoms with Crippen molar-refractivity contribution >= 4 is 21.4 Å². The zero-order valence-electron chi connectivity index (χ0n) is 17.9. The lowest BCUT2D eigenvalue weighted by atomic mass is 9.92. The van der Waals surface area contributed by atoms with E-state index in [0.29, 0.717) is 17.5 Å². The highest BCUT2D eigenvalue weighted by molar-refractivity contribution is 7.90. The van der Waals surface area contributed by atoms with E-state index in [1.165, 1.54) is 11.6 Å². The van der Waals surface area contributed by atoms with Gasteiger partial charge in [-0.15, -0.1) is 0 Å². The van der Waals surface area contributed by atoms with Gasteiger partial charge in [-0.3, -0.25) is 4.79 Å². The van der Waals surface area contributed by atoms with Crippen LogP contribution in [-0.2, 0) is 14.6 Å². The van der Waals surface area contributed by atoms with Gasteiger partial charge in [-0.05, 0) is 41.5 Å². The summed E-state index contributed by atoms with van der Waals surface area (Å²) in [4.78, 5) is 12.6. The predicted molar refractivity (Wildman–Crippen MR) is 119 cm³/mol. The molecule has 0 heterocycles. The zero-order chi connectivity index (χ0) is 21.6. The lowest BCUT2D eigenvalue weighted by Gasteiger charge is -2.23. The predicted octanol–water partition coefficient (Wildman–Crippen LogP) is 4.53. The number of hydrogen-bond donors (Lipinski definition) is 2. The average Bonchev–Trinajstić information content (AvgIpc) is 2.67. The highest BCUT2D eigenvalue weighted by Crippen LogP contribution is 2.25. The van der Waals surface area contributed by atoms with Crippen LogP contribution in [0.2, 0.25) is 0 Å². The minimum atomic E-state index is -3.42. The third kappa shape index (κ3) is 6.41. The summed E-state index contributed by atoms with van der Waals surface area (Å²) in [5.74, 6) is 0.540. The Morgan fingerprint density at radius 1 is 0.966 bits per heavy atom. The van der Waals surface area contributed by atoms with Crippen LogP contribution in [0.15, 0.2) is 53.4 Å². The Labute approximate surface area is 174 Å². The van der Waals surface area contributed by atoms with Crippen molar-refractivity contribution in [1.29, 1.82) is 0 Å². The van der Waals surface area contributed by atoms with Gasteiger partial charge in [-0.1, -0.05) is 64.1 Å². The topological polar surface area (TPSA) is 75.3 Å². The first kappa shape index (κ1) is 23.1. The zero-order valence-corrected chi connectivity index (χ0v) is 18.7. The molecule has 2 atom stereocenters. The van der Waals surface area contributed by atoms with Crippen molar-refractivity contribution in [2.45, 2.75) is 51.0 Å². The van der Waals surface area contributed by atoms with E-state index in [9.17, 15) is 13.2 Å². The van der Waals surface area contributed by atoms with Crippen molar-refractivity contribution in [3.63, 3.8) is 0 Å². The SMILES string of the molecule is CC[C@H](C)c1ccc([C@H](NCC(=O)Nc2ccccc2S(C)(=O)=O)C(C)C)cc1. The number of benzene rings is 2. The van der Waals surface area contributed by atoms with Crippen LogP contribution in [0.1, 0.15) is 57.2 Å². The van der Waals surface area contributed by atoms with Gasteiger partial charge < -0.3 is 10.6 Å². The molecule has 0 aliphatic rings. The van der Waals surface area contributed by atoms with Crippen LogP contribution in [-0.4, -0.2) is 27.1 Å². The van der Waals surface area contributed by atoms with Gasteiger partial charge in [0.2, 0.25) is 5.91 Å². The molecule has 0 saturated carbocycles. The molecule has 2 N–H and O–H groups in total. The summed E-state index contributed by atoms with van der Waals surface area (Å²) in [7, 11) is -3.42. The second-order valence-electron chi connectivity index (χ2n) is 7.90. The van der Waals surface area contributed by atoms with Gasteiger partial charge in [-0.25, -0.2) is 8.42 Å². The summed E-state index contributed by atoms with van der Waals surface area (Å²) in [6.07, 6.45) is 2.23. The second-order valence-corrected chi connectivity index (χ2v) is 9.88. The summed E-state index contributed by atoms with van der Waals surface area (Å²) in [5.41, 5.74) is 2.76. The molecule has 0 unspecified atom stereocenters. The van der Waals surface area contributed by atoms with Crippen LogP contribution >= 0.6 is 0 Å². The molecule has 0 aliphatic carbocycles. The summed E-state index contributed by atoms with van der Waals surface area (Å²) in [6.45, 7) is 8.70. The Kier molecular flexibility index (Phi) is 7.99. The molecule has 5 nitrogen and oxygen atoms in total. The van der Waals surface area contributed by atoms with E-state index >= 15 is 0 Å². The van der Waals surface area contributed by atoms with Gasteiger partial charge in [0.05, 0.1) is 17.1 Å². The molecular formula is C23H32N2O3S. The standard InChI is InChI=1S/C23H32N2O3S/c1-6-17(4)18-11-13-19(14-12-18)23(16(2)3)24-15-22(26)25-20-9-7-8-10-21(20)29(5,27)28/h7-14,16-17,23-24H,6,15H2,1-5H3,(H,25,26)/t17-,23+/m0/s1. The molecule has 0 aromatic heterocycles. The maximum atomic E-state index is 12.5. The van der Waals surface area contributed by atoms with Gasteiger partial charge in [0.1, 0.15) is 0 Å². The number of para-hydroxylation sites is 1.